The van der Waals surface area contributed by atoms with Gasteiger partial charge in [0.1, 0.15) is 10.5 Å². The van der Waals surface area contributed by atoms with Gasteiger partial charge in [0.15, 0.2) is 5.16 Å². The molecule has 0 aliphatic carbocycles. The predicted octanol–water partition coefficient (Wildman–Crippen LogP) is 4.26. The Bertz CT molecular complexity index is 1730. The molecule has 0 N–H and O–H groups in total. The molecule has 0 aliphatic heterocycles. The highest BCUT2D eigenvalue weighted by Crippen LogP contribution is 2.32. The first-order valence-electron chi connectivity index (χ1n) is 10.4. The maximum absolute atomic E-state index is 12.6. The van der Waals surface area contributed by atoms with Crippen molar-refractivity contribution in [3.05, 3.63) is 75.3 Å². The summed E-state index contributed by atoms with van der Waals surface area (Å²) >= 11 is 2.99. The minimum absolute atomic E-state index is 0.0546. The fourth-order valence-corrected chi connectivity index (χ4v) is 5.88. The molecule has 0 radical (unpaired) electrons. The lowest BCUT2D eigenvalue weighted by molar-refractivity contribution is 0.792. The standard InChI is InChI=1S/C23H19N7OS2/c1-13-11-14(2)27-30-19(13)18(15-7-5-4-6-8-15)24-23(30)33-12-17-25-26-22-28(3)21(31)20-16(29(17)22)9-10-32-20/h4-11H,12H2,1-3H3. The highest BCUT2D eigenvalue weighted by molar-refractivity contribution is 7.98. The number of hydrogen-bond acceptors (Lipinski definition) is 7. The van der Waals surface area contributed by atoms with E-state index in [4.69, 9.17) is 10.1 Å². The van der Waals surface area contributed by atoms with Crippen LogP contribution in [0, 0.1) is 13.8 Å². The second-order valence-electron chi connectivity index (χ2n) is 7.88. The van der Waals surface area contributed by atoms with Crippen LogP contribution in [0.4, 0.5) is 0 Å². The highest BCUT2D eigenvalue weighted by Gasteiger charge is 2.20. The van der Waals surface area contributed by atoms with E-state index in [0.29, 0.717) is 16.2 Å². The van der Waals surface area contributed by atoms with Gasteiger partial charge in [-0.2, -0.15) is 5.10 Å². The first-order chi connectivity index (χ1) is 16.0. The first kappa shape index (κ1) is 20.1. The Hall–Kier alpha value is -3.50. The largest absolute Gasteiger partial charge is 0.279 e. The normalized spacial score (nSPS) is 11.8. The Balaban J connectivity index is 1.48. The van der Waals surface area contributed by atoms with E-state index in [2.05, 4.69) is 35.3 Å². The lowest BCUT2D eigenvalue weighted by atomic mass is 10.1. The quantitative estimate of drug-likeness (QED) is 0.356. The zero-order valence-electron chi connectivity index (χ0n) is 18.2. The Morgan fingerprint density at radius 3 is 2.73 bits per heavy atom. The van der Waals surface area contributed by atoms with Crippen molar-refractivity contribution in [1.29, 1.82) is 0 Å². The van der Waals surface area contributed by atoms with E-state index in [9.17, 15) is 4.79 Å². The van der Waals surface area contributed by atoms with Gasteiger partial charge in [-0.1, -0.05) is 42.1 Å². The molecule has 0 aliphatic rings. The molecule has 0 fully saturated rings. The first-order valence-corrected chi connectivity index (χ1v) is 12.2. The smallest absolute Gasteiger partial charge is 0.272 e. The van der Waals surface area contributed by atoms with Crippen LogP contribution in [0.15, 0.2) is 57.8 Å². The molecule has 0 unspecified atom stereocenters. The summed E-state index contributed by atoms with van der Waals surface area (Å²) < 4.78 is 6.13. The van der Waals surface area contributed by atoms with Crippen LogP contribution in [-0.2, 0) is 12.8 Å². The summed E-state index contributed by atoms with van der Waals surface area (Å²) in [5.74, 6) is 1.83. The summed E-state index contributed by atoms with van der Waals surface area (Å²) in [6.45, 7) is 4.08. The molecule has 0 bridgehead atoms. The van der Waals surface area contributed by atoms with Crippen molar-refractivity contribution in [2.24, 2.45) is 7.05 Å². The summed E-state index contributed by atoms with van der Waals surface area (Å²) in [6, 6.07) is 14.2. The van der Waals surface area contributed by atoms with Crippen LogP contribution >= 0.6 is 23.1 Å². The van der Waals surface area contributed by atoms with Crippen molar-refractivity contribution in [1.82, 2.24) is 33.8 Å². The van der Waals surface area contributed by atoms with Gasteiger partial charge in [-0.25, -0.2) is 9.50 Å². The molecule has 0 amide bonds. The minimum atomic E-state index is -0.0546. The lowest BCUT2D eigenvalue weighted by Crippen LogP contribution is -2.19. The molecular formula is C23H19N7OS2. The van der Waals surface area contributed by atoms with E-state index >= 15 is 0 Å². The van der Waals surface area contributed by atoms with Crippen molar-refractivity contribution in [3.63, 3.8) is 0 Å². The third-order valence-electron chi connectivity index (χ3n) is 5.66. The van der Waals surface area contributed by atoms with Gasteiger partial charge in [-0.3, -0.25) is 13.8 Å². The van der Waals surface area contributed by atoms with Gasteiger partial charge in [0.2, 0.25) is 5.78 Å². The number of nitrogens with zero attached hydrogens (tertiary/aromatic N) is 7. The molecule has 8 nitrogen and oxygen atoms in total. The van der Waals surface area contributed by atoms with Crippen LogP contribution in [0.5, 0.6) is 0 Å². The molecule has 1 aromatic carbocycles. The molecule has 164 valence electrons. The molecule has 0 spiro atoms. The number of thioether (sulfide) groups is 1. The highest BCUT2D eigenvalue weighted by atomic mass is 32.2. The summed E-state index contributed by atoms with van der Waals surface area (Å²) in [5.41, 5.74) is 5.81. The number of fused-ring (bicyclic) bond motifs is 4. The van der Waals surface area contributed by atoms with Gasteiger partial charge in [0.05, 0.1) is 28.2 Å². The van der Waals surface area contributed by atoms with Crippen molar-refractivity contribution in [2.45, 2.75) is 24.8 Å². The van der Waals surface area contributed by atoms with Gasteiger partial charge in [-0.15, -0.1) is 21.5 Å². The molecule has 6 rings (SSSR count). The van der Waals surface area contributed by atoms with Crippen LogP contribution in [0.3, 0.4) is 0 Å². The van der Waals surface area contributed by atoms with Crippen molar-refractivity contribution in [3.8, 4) is 11.3 Å². The average Bonchev–Trinajstić information content (AvgIpc) is 3.53. The van der Waals surface area contributed by atoms with Crippen LogP contribution in [-0.4, -0.2) is 33.8 Å². The second kappa shape index (κ2) is 7.53. The van der Waals surface area contributed by atoms with Gasteiger partial charge < -0.3 is 0 Å². The molecular weight excluding hydrogens is 454 g/mol. The van der Waals surface area contributed by atoms with E-state index in [0.717, 1.165) is 44.5 Å². The number of rotatable bonds is 4. The third-order valence-corrected chi connectivity index (χ3v) is 7.47. The molecule has 5 aromatic heterocycles. The zero-order chi connectivity index (χ0) is 22.7. The van der Waals surface area contributed by atoms with Crippen molar-refractivity contribution < 1.29 is 0 Å². The topological polar surface area (TPSA) is 82.4 Å². The van der Waals surface area contributed by atoms with Crippen molar-refractivity contribution in [2.75, 3.05) is 0 Å². The van der Waals surface area contributed by atoms with E-state index in [-0.39, 0.29) is 5.56 Å². The number of benzene rings is 1. The summed E-state index contributed by atoms with van der Waals surface area (Å²) in [5, 5.41) is 16.2. The molecule has 33 heavy (non-hydrogen) atoms. The molecule has 0 saturated heterocycles. The molecule has 5 heterocycles. The second-order valence-corrected chi connectivity index (χ2v) is 9.74. The van der Waals surface area contributed by atoms with Gasteiger partial charge >= 0.3 is 0 Å². The van der Waals surface area contributed by atoms with Crippen LogP contribution in [0.1, 0.15) is 17.1 Å². The fourth-order valence-electron chi connectivity index (χ4n) is 4.17. The maximum atomic E-state index is 12.6. The Kier molecular flexibility index (Phi) is 4.59. The Morgan fingerprint density at radius 1 is 1.09 bits per heavy atom. The Morgan fingerprint density at radius 2 is 1.91 bits per heavy atom. The van der Waals surface area contributed by atoms with Crippen LogP contribution < -0.4 is 5.56 Å². The fraction of sp³-hybridized carbons (Fsp3) is 0.174. The van der Waals surface area contributed by atoms with Gasteiger partial charge in [0.25, 0.3) is 5.56 Å². The molecule has 0 atom stereocenters. The minimum Gasteiger partial charge on any atom is -0.279 e. The number of thiophene rings is 1. The van der Waals surface area contributed by atoms with Crippen molar-refractivity contribution >= 4 is 44.6 Å². The van der Waals surface area contributed by atoms with E-state index in [1.165, 1.54) is 11.3 Å². The Labute approximate surface area is 196 Å². The maximum Gasteiger partial charge on any atom is 0.272 e. The molecule has 0 saturated carbocycles. The van der Waals surface area contributed by atoms with Gasteiger partial charge in [0, 0.05) is 12.6 Å². The number of aromatic nitrogens is 7. The van der Waals surface area contributed by atoms with Gasteiger partial charge in [-0.05, 0) is 36.9 Å². The lowest BCUT2D eigenvalue weighted by Gasteiger charge is -2.05. The zero-order valence-corrected chi connectivity index (χ0v) is 19.8. The number of aryl methyl sites for hydroxylation is 3. The number of imidazole rings is 1. The number of hydrogen-bond donors (Lipinski definition) is 0. The van der Waals surface area contributed by atoms with E-state index < -0.39 is 0 Å². The SMILES string of the molecule is Cc1cc(C)c2c(-c3ccccc3)nc(SCc3nnc4n(C)c(=O)c5sccc5n34)n2n1. The van der Waals surface area contributed by atoms with E-state index in [1.54, 1.807) is 23.4 Å². The summed E-state index contributed by atoms with van der Waals surface area (Å²) in [7, 11) is 1.73. The third kappa shape index (κ3) is 3.09. The molecule has 6 aromatic rings. The predicted molar refractivity (Wildman–Crippen MR) is 131 cm³/mol. The average molecular weight is 474 g/mol. The van der Waals surface area contributed by atoms with Crippen LogP contribution in [0.25, 0.3) is 32.8 Å². The summed E-state index contributed by atoms with van der Waals surface area (Å²) in [6.07, 6.45) is 0. The summed E-state index contributed by atoms with van der Waals surface area (Å²) in [4.78, 5) is 17.6. The van der Waals surface area contributed by atoms with Crippen LogP contribution in [0.2, 0.25) is 0 Å². The molecule has 10 heteroatoms. The van der Waals surface area contributed by atoms with E-state index in [1.807, 2.05) is 45.5 Å². The monoisotopic (exact) mass is 473 g/mol.